The van der Waals surface area contributed by atoms with Crippen molar-refractivity contribution < 1.29 is 14.4 Å². The van der Waals surface area contributed by atoms with Gasteiger partial charge in [-0.05, 0) is 13.3 Å². The number of H-pyrrole nitrogens is 1. The van der Waals surface area contributed by atoms with Crippen molar-refractivity contribution in [2.45, 2.75) is 38.3 Å². The third-order valence-corrected chi connectivity index (χ3v) is 3.27. The maximum Gasteiger partial charge on any atom is 0.243 e. The van der Waals surface area contributed by atoms with E-state index in [1.54, 1.807) is 6.20 Å². The Balaban J connectivity index is 1.99. The summed E-state index contributed by atoms with van der Waals surface area (Å²) in [5, 5.41) is 7.96. The number of imidazole rings is 1. The van der Waals surface area contributed by atoms with Crippen LogP contribution < -0.4 is 16.0 Å². The highest BCUT2D eigenvalue weighted by atomic mass is 16.2. The van der Waals surface area contributed by atoms with E-state index in [1.165, 1.54) is 6.33 Å². The number of likely N-dealkylation sites (N-methyl/N-ethyl adjacent to an activating group) is 1. The van der Waals surface area contributed by atoms with Crippen LogP contribution >= 0.6 is 0 Å². The smallest absolute Gasteiger partial charge is 0.243 e. The minimum Gasteiger partial charge on any atom is -0.355 e. The molecule has 2 rings (SSSR count). The molecule has 1 aromatic rings. The highest BCUT2D eigenvalue weighted by Crippen LogP contribution is 2.07. The third-order valence-electron chi connectivity index (χ3n) is 3.27. The van der Waals surface area contributed by atoms with Crippen molar-refractivity contribution in [2.75, 3.05) is 6.54 Å². The quantitative estimate of drug-likeness (QED) is 0.530. The molecule has 1 aliphatic heterocycles. The first-order chi connectivity index (χ1) is 10.1. The second-order valence-corrected chi connectivity index (χ2v) is 4.90. The van der Waals surface area contributed by atoms with E-state index in [-0.39, 0.29) is 17.7 Å². The van der Waals surface area contributed by atoms with Gasteiger partial charge >= 0.3 is 0 Å². The number of amides is 3. The molecule has 2 atom stereocenters. The second-order valence-electron chi connectivity index (χ2n) is 4.90. The van der Waals surface area contributed by atoms with Crippen molar-refractivity contribution in [3.63, 3.8) is 0 Å². The largest absolute Gasteiger partial charge is 0.355 e. The van der Waals surface area contributed by atoms with E-state index in [9.17, 15) is 14.4 Å². The summed E-state index contributed by atoms with van der Waals surface area (Å²) in [6.45, 7) is 2.29. The maximum atomic E-state index is 12.1. The Bertz CT molecular complexity index is 514. The van der Waals surface area contributed by atoms with E-state index in [0.29, 0.717) is 25.8 Å². The van der Waals surface area contributed by atoms with Gasteiger partial charge in [0.15, 0.2) is 0 Å². The number of nitrogens with one attached hydrogen (secondary N) is 4. The van der Waals surface area contributed by atoms with Gasteiger partial charge in [-0.2, -0.15) is 0 Å². The van der Waals surface area contributed by atoms with Crippen LogP contribution in [0.4, 0.5) is 0 Å². The summed E-state index contributed by atoms with van der Waals surface area (Å²) < 4.78 is 0. The predicted octanol–water partition coefficient (Wildman–Crippen LogP) is -1.15. The van der Waals surface area contributed by atoms with Crippen molar-refractivity contribution >= 4 is 17.7 Å². The molecule has 4 N–H and O–H groups in total. The van der Waals surface area contributed by atoms with Gasteiger partial charge < -0.3 is 20.9 Å². The summed E-state index contributed by atoms with van der Waals surface area (Å²) in [7, 11) is 0. The zero-order valence-corrected chi connectivity index (χ0v) is 11.8. The SMILES string of the molecule is CCNC(=O)[C@H](Cc1cnc[nH]1)NC(=O)[C@@H]1CCC(=O)N1. The molecule has 0 saturated carbocycles. The molecule has 0 aromatic carbocycles. The number of nitrogens with zero attached hydrogens (tertiary/aromatic N) is 1. The summed E-state index contributed by atoms with van der Waals surface area (Å²) in [5.74, 6) is -0.736. The first kappa shape index (κ1) is 15.0. The molecule has 1 aliphatic rings. The lowest BCUT2D eigenvalue weighted by Crippen LogP contribution is -2.52. The van der Waals surface area contributed by atoms with Gasteiger partial charge in [0.25, 0.3) is 0 Å². The minimum atomic E-state index is -0.699. The van der Waals surface area contributed by atoms with Gasteiger partial charge in [-0.3, -0.25) is 14.4 Å². The van der Waals surface area contributed by atoms with Crippen LogP contribution in [0, 0.1) is 0 Å². The Kier molecular flexibility index (Phi) is 4.91. The Morgan fingerprint density at radius 3 is 2.90 bits per heavy atom. The van der Waals surface area contributed by atoms with Crippen molar-refractivity contribution in [2.24, 2.45) is 0 Å². The van der Waals surface area contributed by atoms with Crippen molar-refractivity contribution in [3.05, 3.63) is 18.2 Å². The molecule has 1 saturated heterocycles. The second kappa shape index (κ2) is 6.87. The average Bonchev–Trinajstić information content (AvgIpc) is 3.09. The number of aromatic nitrogens is 2. The normalized spacial score (nSPS) is 18.9. The number of carbonyl (C=O) groups is 3. The van der Waals surface area contributed by atoms with Crippen molar-refractivity contribution in [1.82, 2.24) is 25.9 Å². The number of aromatic amines is 1. The minimum absolute atomic E-state index is 0.140. The fourth-order valence-electron chi connectivity index (χ4n) is 2.21. The number of rotatable bonds is 6. The van der Waals surface area contributed by atoms with Gasteiger partial charge in [-0.25, -0.2) is 4.98 Å². The Hall–Kier alpha value is -2.38. The van der Waals surface area contributed by atoms with E-state index in [2.05, 4.69) is 25.9 Å². The third kappa shape index (κ3) is 4.04. The first-order valence-corrected chi connectivity index (χ1v) is 6.95. The highest BCUT2D eigenvalue weighted by Gasteiger charge is 2.30. The molecule has 1 fully saturated rings. The number of hydrogen-bond donors (Lipinski definition) is 4. The number of carbonyl (C=O) groups excluding carboxylic acids is 3. The zero-order chi connectivity index (χ0) is 15.2. The molecule has 0 radical (unpaired) electrons. The van der Waals surface area contributed by atoms with Crippen LogP contribution in [0.15, 0.2) is 12.5 Å². The molecule has 1 aromatic heterocycles. The Morgan fingerprint density at radius 1 is 1.52 bits per heavy atom. The molecule has 8 nitrogen and oxygen atoms in total. The van der Waals surface area contributed by atoms with Gasteiger partial charge in [0.05, 0.1) is 6.33 Å². The van der Waals surface area contributed by atoms with Crippen molar-refractivity contribution in [1.29, 1.82) is 0 Å². The predicted molar refractivity (Wildman–Crippen MR) is 74.1 cm³/mol. The molecular weight excluding hydrogens is 274 g/mol. The van der Waals surface area contributed by atoms with Gasteiger partial charge in [0.1, 0.15) is 12.1 Å². The fourth-order valence-corrected chi connectivity index (χ4v) is 2.21. The molecule has 8 heteroatoms. The molecule has 0 aliphatic carbocycles. The highest BCUT2D eigenvalue weighted by molar-refractivity contribution is 5.94. The number of hydrogen-bond acceptors (Lipinski definition) is 4. The standard InChI is InChI=1S/C13H19N5O3/c1-2-15-12(20)10(5-8-6-14-7-16-8)18-13(21)9-3-4-11(19)17-9/h6-7,9-10H,2-5H2,1H3,(H,14,16)(H,15,20)(H,17,19)(H,18,21)/t9-,10-/m0/s1. The van der Waals surface area contributed by atoms with E-state index in [4.69, 9.17) is 0 Å². The summed E-state index contributed by atoms with van der Waals surface area (Å²) in [4.78, 5) is 42.1. The monoisotopic (exact) mass is 293 g/mol. The van der Waals surface area contributed by atoms with Gasteiger partial charge in [0, 0.05) is 31.3 Å². The Labute approximate surface area is 122 Å². The lowest BCUT2D eigenvalue weighted by atomic mass is 10.1. The maximum absolute atomic E-state index is 12.1. The van der Waals surface area contributed by atoms with Crippen LogP contribution in [0.3, 0.4) is 0 Å². The summed E-state index contributed by atoms with van der Waals surface area (Å²) in [6.07, 6.45) is 4.23. The molecule has 114 valence electrons. The van der Waals surface area contributed by atoms with Gasteiger partial charge in [-0.15, -0.1) is 0 Å². The summed E-state index contributed by atoms with van der Waals surface area (Å²) >= 11 is 0. The van der Waals surface area contributed by atoms with E-state index in [0.717, 1.165) is 5.69 Å². The molecule has 0 spiro atoms. The van der Waals surface area contributed by atoms with E-state index in [1.807, 2.05) is 6.92 Å². The van der Waals surface area contributed by atoms with Crippen LogP contribution in [-0.2, 0) is 20.8 Å². The molecule has 3 amide bonds. The molecular formula is C13H19N5O3. The molecule has 21 heavy (non-hydrogen) atoms. The van der Waals surface area contributed by atoms with Gasteiger partial charge in [0.2, 0.25) is 17.7 Å². The van der Waals surface area contributed by atoms with Gasteiger partial charge in [-0.1, -0.05) is 0 Å². The van der Waals surface area contributed by atoms with E-state index < -0.39 is 12.1 Å². The first-order valence-electron chi connectivity index (χ1n) is 6.95. The summed E-state index contributed by atoms with van der Waals surface area (Å²) in [5.41, 5.74) is 0.752. The van der Waals surface area contributed by atoms with Crippen LogP contribution in [-0.4, -0.2) is 46.3 Å². The van der Waals surface area contributed by atoms with E-state index >= 15 is 0 Å². The lowest BCUT2D eigenvalue weighted by Gasteiger charge is -2.19. The zero-order valence-electron chi connectivity index (χ0n) is 11.8. The topological polar surface area (TPSA) is 116 Å². The average molecular weight is 293 g/mol. The molecule has 0 bridgehead atoms. The van der Waals surface area contributed by atoms with Crippen LogP contribution in [0.25, 0.3) is 0 Å². The molecule has 2 heterocycles. The van der Waals surface area contributed by atoms with Crippen LogP contribution in [0.1, 0.15) is 25.5 Å². The van der Waals surface area contributed by atoms with Crippen molar-refractivity contribution in [3.8, 4) is 0 Å². The van der Waals surface area contributed by atoms with Crippen LogP contribution in [0.2, 0.25) is 0 Å². The summed E-state index contributed by atoms with van der Waals surface area (Å²) in [6, 6.07) is -1.26. The Morgan fingerprint density at radius 2 is 2.33 bits per heavy atom. The van der Waals surface area contributed by atoms with Crippen LogP contribution in [0.5, 0.6) is 0 Å². The molecule has 0 unspecified atom stereocenters. The lowest BCUT2D eigenvalue weighted by molar-refractivity contribution is -0.130. The fraction of sp³-hybridized carbons (Fsp3) is 0.538.